The monoisotopic (exact) mass is 259 g/mol. The number of carboxylic acid groups (broad SMARTS) is 1. The molecule has 2 N–H and O–H groups in total. The number of anilines is 1. The Morgan fingerprint density at radius 2 is 2.21 bits per heavy atom. The molecule has 6 heteroatoms. The maximum Gasteiger partial charge on any atom is 0.352 e. The Kier molecular flexibility index (Phi) is 3.61. The van der Waals surface area contributed by atoms with E-state index in [0.29, 0.717) is 5.82 Å². The van der Waals surface area contributed by atoms with Crippen LogP contribution in [0.3, 0.4) is 0 Å². The third kappa shape index (κ3) is 3.19. The first-order chi connectivity index (χ1) is 9.06. The predicted octanol–water partition coefficient (Wildman–Crippen LogP) is 1.53. The van der Waals surface area contributed by atoms with Gasteiger partial charge < -0.3 is 15.0 Å². The smallest absolute Gasteiger partial charge is 0.352 e. The molecule has 0 fully saturated rings. The highest BCUT2D eigenvalue weighted by Crippen LogP contribution is 2.07. The van der Waals surface area contributed by atoms with Crippen molar-refractivity contribution in [3.8, 4) is 0 Å². The second-order valence-corrected chi connectivity index (χ2v) is 4.09. The highest BCUT2D eigenvalue weighted by Gasteiger charge is 2.11. The Balaban J connectivity index is 2.05. The lowest BCUT2D eigenvalue weighted by molar-refractivity contribution is -0.116. The molecule has 0 spiro atoms. The number of rotatable bonds is 4. The standard InChI is InChI=1S/C13H13N3O3/c1-9-4-5-14-11(7-9)15-12(17)8-16-6-2-3-10(16)13(18)19/h2-7H,8H2,1H3,(H,18,19)(H,14,15,17). The van der Waals surface area contributed by atoms with E-state index in [9.17, 15) is 9.59 Å². The molecule has 6 nitrogen and oxygen atoms in total. The second-order valence-electron chi connectivity index (χ2n) is 4.09. The molecule has 0 aliphatic heterocycles. The number of carbonyl (C=O) groups excluding carboxylic acids is 1. The van der Waals surface area contributed by atoms with Gasteiger partial charge in [0.2, 0.25) is 5.91 Å². The third-order valence-electron chi connectivity index (χ3n) is 2.55. The number of nitrogens with zero attached hydrogens (tertiary/aromatic N) is 2. The number of aromatic nitrogens is 2. The van der Waals surface area contributed by atoms with Gasteiger partial charge in [-0.15, -0.1) is 0 Å². The summed E-state index contributed by atoms with van der Waals surface area (Å²) >= 11 is 0. The third-order valence-corrected chi connectivity index (χ3v) is 2.55. The van der Waals surface area contributed by atoms with Crippen molar-refractivity contribution < 1.29 is 14.7 Å². The number of aryl methyl sites for hydroxylation is 1. The van der Waals surface area contributed by atoms with Crippen LogP contribution in [0.15, 0.2) is 36.7 Å². The number of hydrogen-bond acceptors (Lipinski definition) is 3. The lowest BCUT2D eigenvalue weighted by Crippen LogP contribution is -2.21. The molecule has 1 amide bonds. The quantitative estimate of drug-likeness (QED) is 0.872. The Hall–Kier alpha value is -2.63. The number of aromatic carboxylic acids is 1. The van der Waals surface area contributed by atoms with Crippen LogP contribution < -0.4 is 5.32 Å². The molecule has 0 aromatic carbocycles. The van der Waals surface area contributed by atoms with Crippen molar-refractivity contribution in [3.63, 3.8) is 0 Å². The molecule has 0 saturated heterocycles. The molecule has 0 saturated carbocycles. The molecule has 2 heterocycles. The molecule has 2 aromatic rings. The van der Waals surface area contributed by atoms with Gasteiger partial charge in [-0.1, -0.05) is 0 Å². The van der Waals surface area contributed by atoms with Gasteiger partial charge in [0.15, 0.2) is 0 Å². The molecule has 0 bridgehead atoms. The Bertz CT molecular complexity index is 619. The summed E-state index contributed by atoms with van der Waals surface area (Å²) in [6.07, 6.45) is 3.15. The summed E-state index contributed by atoms with van der Waals surface area (Å²) < 4.78 is 1.37. The summed E-state index contributed by atoms with van der Waals surface area (Å²) in [6.45, 7) is 1.83. The molecule has 0 aliphatic rings. The zero-order chi connectivity index (χ0) is 13.8. The maximum absolute atomic E-state index is 11.8. The van der Waals surface area contributed by atoms with Crippen molar-refractivity contribution in [2.45, 2.75) is 13.5 Å². The van der Waals surface area contributed by atoms with Crippen molar-refractivity contribution in [1.29, 1.82) is 0 Å². The average molecular weight is 259 g/mol. The highest BCUT2D eigenvalue weighted by atomic mass is 16.4. The van der Waals surface area contributed by atoms with E-state index in [1.54, 1.807) is 24.5 Å². The second kappa shape index (κ2) is 5.34. The van der Waals surface area contributed by atoms with Gasteiger partial charge >= 0.3 is 5.97 Å². The Morgan fingerprint density at radius 3 is 2.89 bits per heavy atom. The minimum Gasteiger partial charge on any atom is -0.477 e. The molecule has 98 valence electrons. The van der Waals surface area contributed by atoms with Crippen LogP contribution >= 0.6 is 0 Å². The van der Waals surface area contributed by atoms with Crippen molar-refractivity contribution in [1.82, 2.24) is 9.55 Å². The minimum atomic E-state index is -1.06. The van der Waals surface area contributed by atoms with Gasteiger partial charge in [0.25, 0.3) is 0 Å². The van der Waals surface area contributed by atoms with Gasteiger partial charge in [-0.2, -0.15) is 0 Å². The van der Waals surface area contributed by atoms with Gasteiger partial charge in [-0.3, -0.25) is 4.79 Å². The lowest BCUT2D eigenvalue weighted by atomic mass is 10.3. The topological polar surface area (TPSA) is 84.2 Å². The van der Waals surface area contributed by atoms with Gasteiger partial charge in [0.1, 0.15) is 18.1 Å². The molecule has 0 radical (unpaired) electrons. The van der Waals surface area contributed by atoms with E-state index < -0.39 is 5.97 Å². The first-order valence-corrected chi connectivity index (χ1v) is 5.67. The molecule has 0 aliphatic carbocycles. The van der Waals surface area contributed by atoms with Crippen molar-refractivity contribution in [2.75, 3.05) is 5.32 Å². The molecule has 2 aromatic heterocycles. The summed E-state index contributed by atoms with van der Waals surface area (Å²) in [7, 11) is 0. The summed E-state index contributed by atoms with van der Waals surface area (Å²) in [6, 6.07) is 6.60. The zero-order valence-electron chi connectivity index (χ0n) is 10.3. The van der Waals surface area contributed by atoms with Crippen LogP contribution in [-0.2, 0) is 11.3 Å². The normalized spacial score (nSPS) is 10.2. The van der Waals surface area contributed by atoms with Crippen molar-refractivity contribution in [2.24, 2.45) is 0 Å². The number of pyridine rings is 1. The largest absolute Gasteiger partial charge is 0.477 e. The van der Waals surface area contributed by atoms with E-state index >= 15 is 0 Å². The Morgan fingerprint density at radius 1 is 1.42 bits per heavy atom. The summed E-state index contributed by atoms with van der Waals surface area (Å²) in [5.41, 5.74) is 1.06. The number of carboxylic acids is 1. The van der Waals surface area contributed by atoms with Crippen LogP contribution in [-0.4, -0.2) is 26.5 Å². The molecular weight excluding hydrogens is 246 g/mol. The van der Waals surface area contributed by atoms with Crippen molar-refractivity contribution in [3.05, 3.63) is 47.9 Å². The van der Waals surface area contributed by atoms with Crippen LogP contribution in [0.2, 0.25) is 0 Å². The number of hydrogen-bond donors (Lipinski definition) is 2. The van der Waals surface area contributed by atoms with E-state index in [2.05, 4.69) is 10.3 Å². The molecule has 2 rings (SSSR count). The number of amides is 1. The van der Waals surface area contributed by atoms with E-state index in [0.717, 1.165) is 5.56 Å². The fraction of sp³-hybridized carbons (Fsp3) is 0.154. The van der Waals surface area contributed by atoms with Gasteiger partial charge in [-0.25, -0.2) is 9.78 Å². The highest BCUT2D eigenvalue weighted by molar-refractivity contribution is 5.91. The average Bonchev–Trinajstić information content (AvgIpc) is 2.76. The summed E-state index contributed by atoms with van der Waals surface area (Å²) in [5, 5.41) is 11.6. The van der Waals surface area contributed by atoms with E-state index in [4.69, 9.17) is 5.11 Å². The predicted molar refractivity (Wildman–Crippen MR) is 69.0 cm³/mol. The summed E-state index contributed by atoms with van der Waals surface area (Å²) in [4.78, 5) is 26.7. The maximum atomic E-state index is 11.8. The summed E-state index contributed by atoms with van der Waals surface area (Å²) in [5.74, 6) is -0.933. The Labute approximate surface area is 109 Å². The lowest BCUT2D eigenvalue weighted by Gasteiger charge is -2.07. The van der Waals surface area contributed by atoms with E-state index in [1.807, 2.05) is 13.0 Å². The molecule has 0 unspecified atom stereocenters. The van der Waals surface area contributed by atoms with Crippen LogP contribution in [0.4, 0.5) is 5.82 Å². The van der Waals surface area contributed by atoms with Crippen molar-refractivity contribution >= 4 is 17.7 Å². The van der Waals surface area contributed by atoms with Crippen LogP contribution in [0.5, 0.6) is 0 Å². The fourth-order valence-electron chi connectivity index (χ4n) is 1.69. The minimum absolute atomic E-state index is 0.0652. The van der Waals surface area contributed by atoms with Gasteiger partial charge in [0.05, 0.1) is 0 Å². The van der Waals surface area contributed by atoms with Gasteiger partial charge in [-0.05, 0) is 36.8 Å². The molecule has 19 heavy (non-hydrogen) atoms. The molecular formula is C13H13N3O3. The van der Waals surface area contributed by atoms with Crippen LogP contribution in [0.1, 0.15) is 16.1 Å². The number of carbonyl (C=O) groups is 2. The van der Waals surface area contributed by atoms with Crippen LogP contribution in [0.25, 0.3) is 0 Å². The van der Waals surface area contributed by atoms with E-state index in [-0.39, 0.29) is 18.1 Å². The number of nitrogens with one attached hydrogen (secondary N) is 1. The van der Waals surface area contributed by atoms with E-state index in [1.165, 1.54) is 10.6 Å². The first-order valence-electron chi connectivity index (χ1n) is 5.67. The van der Waals surface area contributed by atoms with Gasteiger partial charge in [0, 0.05) is 12.4 Å². The SMILES string of the molecule is Cc1ccnc(NC(=O)Cn2cccc2C(=O)O)c1. The first kappa shape index (κ1) is 12.8. The van der Waals surface area contributed by atoms with Crippen LogP contribution in [0, 0.1) is 6.92 Å². The zero-order valence-corrected chi connectivity index (χ0v) is 10.3. The molecule has 0 atom stereocenters. The fourth-order valence-corrected chi connectivity index (χ4v) is 1.69.